The predicted octanol–water partition coefficient (Wildman–Crippen LogP) is 3.86. The molecule has 0 N–H and O–H groups in total. The molecule has 1 heteroatoms. The minimum atomic E-state index is 0.278. The van der Waals surface area contributed by atoms with E-state index in [4.69, 9.17) is 4.74 Å². The number of methoxy groups -OCH3 is 1. The van der Waals surface area contributed by atoms with Gasteiger partial charge in [0.15, 0.2) is 0 Å². The molecule has 0 aromatic heterocycles. The lowest BCUT2D eigenvalue weighted by atomic mass is 9.88. The van der Waals surface area contributed by atoms with Crippen LogP contribution in [0, 0.1) is 0 Å². The third-order valence-corrected chi connectivity index (χ3v) is 3.52. The van der Waals surface area contributed by atoms with Gasteiger partial charge in [-0.15, -0.1) is 0 Å². The quantitative estimate of drug-likeness (QED) is 0.691. The smallest absolute Gasteiger partial charge is 0.118 e. The molecule has 0 bridgehead atoms. The maximum Gasteiger partial charge on any atom is 0.118 e. The Labute approximate surface area is 97.4 Å². The van der Waals surface area contributed by atoms with Gasteiger partial charge in [0.05, 0.1) is 7.11 Å². The molecular weight excluding hydrogens is 196 g/mol. The fourth-order valence-corrected chi connectivity index (χ4v) is 2.28. The molecule has 0 heterocycles. The Balaban J connectivity index is 2.29. The zero-order valence-electron chi connectivity index (χ0n) is 9.99. The summed E-state index contributed by atoms with van der Waals surface area (Å²) >= 11 is 0. The van der Waals surface area contributed by atoms with Crippen LogP contribution in [0.1, 0.15) is 25.3 Å². The zero-order chi connectivity index (χ0) is 11.6. The lowest BCUT2D eigenvalue weighted by Gasteiger charge is -2.16. The third kappa shape index (κ3) is 1.78. The Hall–Kier alpha value is -1.50. The van der Waals surface area contributed by atoms with Gasteiger partial charge in [-0.05, 0) is 37.5 Å². The van der Waals surface area contributed by atoms with Crippen LogP contribution < -0.4 is 4.74 Å². The van der Waals surface area contributed by atoms with Crippen LogP contribution in [-0.2, 0) is 5.41 Å². The molecule has 84 valence electrons. The molecule has 0 aliphatic heterocycles. The summed E-state index contributed by atoms with van der Waals surface area (Å²) in [6.45, 7) is 5.96. The summed E-state index contributed by atoms with van der Waals surface area (Å²) < 4.78 is 5.18. The van der Waals surface area contributed by atoms with Crippen molar-refractivity contribution in [1.29, 1.82) is 0 Å². The van der Waals surface area contributed by atoms with Crippen LogP contribution in [0.2, 0.25) is 0 Å². The third-order valence-electron chi connectivity index (χ3n) is 3.52. The molecule has 0 radical (unpaired) electrons. The van der Waals surface area contributed by atoms with Crippen LogP contribution in [0.25, 0.3) is 0 Å². The highest BCUT2D eigenvalue weighted by Crippen LogP contribution is 2.53. The molecule has 1 saturated carbocycles. The second-order valence-corrected chi connectivity index (χ2v) is 4.40. The van der Waals surface area contributed by atoms with Gasteiger partial charge in [0, 0.05) is 5.41 Å². The van der Waals surface area contributed by atoms with Crippen LogP contribution in [-0.4, -0.2) is 7.11 Å². The molecule has 1 fully saturated rings. The zero-order valence-corrected chi connectivity index (χ0v) is 9.99. The Morgan fingerprint density at radius 1 is 1.31 bits per heavy atom. The number of ether oxygens (including phenoxy) is 1. The van der Waals surface area contributed by atoms with Gasteiger partial charge >= 0.3 is 0 Å². The molecule has 1 nitrogen and oxygen atoms in total. The number of rotatable bonds is 4. The lowest BCUT2D eigenvalue weighted by Crippen LogP contribution is -2.07. The Kier molecular flexibility index (Phi) is 2.86. The van der Waals surface area contributed by atoms with Crippen molar-refractivity contribution in [3.8, 4) is 5.75 Å². The second kappa shape index (κ2) is 4.17. The van der Waals surface area contributed by atoms with E-state index in [-0.39, 0.29) is 5.41 Å². The van der Waals surface area contributed by atoms with Crippen molar-refractivity contribution < 1.29 is 4.74 Å². The summed E-state index contributed by atoms with van der Waals surface area (Å²) in [6, 6.07) is 8.42. The fraction of sp³-hybridized carbons (Fsp3) is 0.333. The molecule has 0 saturated heterocycles. The van der Waals surface area contributed by atoms with Gasteiger partial charge in [0.1, 0.15) is 5.75 Å². The number of benzene rings is 1. The largest absolute Gasteiger partial charge is 0.497 e. The highest BCUT2D eigenvalue weighted by molar-refractivity contribution is 5.44. The average molecular weight is 214 g/mol. The Bertz CT molecular complexity index is 408. The minimum absolute atomic E-state index is 0.278. The van der Waals surface area contributed by atoms with Crippen LogP contribution in [0.5, 0.6) is 5.75 Å². The van der Waals surface area contributed by atoms with Crippen LogP contribution >= 0.6 is 0 Å². The summed E-state index contributed by atoms with van der Waals surface area (Å²) in [5.74, 6) is 0.921. The summed E-state index contributed by atoms with van der Waals surface area (Å²) in [5.41, 5.74) is 3.08. The van der Waals surface area contributed by atoms with Crippen molar-refractivity contribution in [3.05, 3.63) is 54.1 Å². The van der Waals surface area contributed by atoms with Crippen molar-refractivity contribution in [2.45, 2.75) is 25.2 Å². The number of hydrogen-bond donors (Lipinski definition) is 0. The normalized spacial score (nSPS) is 18.0. The molecule has 0 atom stereocenters. The van der Waals surface area contributed by atoms with Gasteiger partial charge in [-0.3, -0.25) is 0 Å². The maximum absolute atomic E-state index is 5.18. The fourth-order valence-electron chi connectivity index (χ4n) is 2.28. The van der Waals surface area contributed by atoms with E-state index in [1.807, 2.05) is 18.2 Å². The van der Waals surface area contributed by atoms with E-state index in [0.717, 1.165) is 5.75 Å². The SMILES string of the molecule is C=CC=C(C)C1(c2ccc(OC)cc2)CC1. The van der Waals surface area contributed by atoms with E-state index in [0.29, 0.717) is 0 Å². The van der Waals surface area contributed by atoms with Gasteiger partial charge in [0.25, 0.3) is 0 Å². The van der Waals surface area contributed by atoms with Crippen LogP contribution in [0.4, 0.5) is 0 Å². The highest BCUT2D eigenvalue weighted by Gasteiger charge is 2.45. The molecule has 1 aliphatic carbocycles. The molecule has 0 spiro atoms. The first kappa shape index (κ1) is 11.0. The number of allylic oxidation sites excluding steroid dienone is 3. The van der Waals surface area contributed by atoms with Crippen LogP contribution in [0.3, 0.4) is 0 Å². The van der Waals surface area contributed by atoms with Crippen molar-refractivity contribution in [2.75, 3.05) is 7.11 Å². The van der Waals surface area contributed by atoms with Crippen LogP contribution in [0.15, 0.2) is 48.6 Å². The van der Waals surface area contributed by atoms with Gasteiger partial charge in [-0.2, -0.15) is 0 Å². The first-order valence-electron chi connectivity index (χ1n) is 5.67. The standard InChI is InChI=1S/C15H18O/c1-4-5-12(2)15(10-11-15)13-6-8-14(16-3)9-7-13/h4-9H,1,10-11H2,2-3H3. The predicted molar refractivity (Wildman–Crippen MR) is 67.9 cm³/mol. The highest BCUT2D eigenvalue weighted by atomic mass is 16.5. The molecule has 1 aromatic rings. The van der Waals surface area contributed by atoms with Gasteiger partial charge < -0.3 is 4.74 Å². The van der Waals surface area contributed by atoms with Crippen molar-refractivity contribution in [3.63, 3.8) is 0 Å². The molecule has 16 heavy (non-hydrogen) atoms. The van der Waals surface area contributed by atoms with E-state index in [1.165, 1.54) is 24.0 Å². The average Bonchev–Trinajstić information content (AvgIpc) is 3.11. The van der Waals surface area contributed by atoms with E-state index in [2.05, 4.69) is 31.7 Å². The Morgan fingerprint density at radius 2 is 1.94 bits per heavy atom. The van der Waals surface area contributed by atoms with E-state index in [9.17, 15) is 0 Å². The van der Waals surface area contributed by atoms with E-state index < -0.39 is 0 Å². The van der Waals surface area contributed by atoms with Crippen molar-refractivity contribution in [2.24, 2.45) is 0 Å². The minimum Gasteiger partial charge on any atom is -0.497 e. The summed E-state index contributed by atoms with van der Waals surface area (Å²) in [5, 5.41) is 0. The summed E-state index contributed by atoms with van der Waals surface area (Å²) in [6.07, 6.45) is 6.49. The lowest BCUT2D eigenvalue weighted by molar-refractivity contribution is 0.414. The molecule has 0 unspecified atom stereocenters. The molecule has 2 rings (SSSR count). The first-order chi connectivity index (χ1) is 7.73. The van der Waals surface area contributed by atoms with Gasteiger partial charge in [-0.1, -0.05) is 36.4 Å². The van der Waals surface area contributed by atoms with Gasteiger partial charge in [-0.25, -0.2) is 0 Å². The van der Waals surface area contributed by atoms with Gasteiger partial charge in [0.2, 0.25) is 0 Å². The summed E-state index contributed by atoms with van der Waals surface area (Å²) in [4.78, 5) is 0. The second-order valence-electron chi connectivity index (χ2n) is 4.40. The monoisotopic (exact) mass is 214 g/mol. The molecular formula is C15H18O. The van der Waals surface area contributed by atoms with Crippen molar-refractivity contribution >= 4 is 0 Å². The molecule has 0 amide bonds. The summed E-state index contributed by atoms with van der Waals surface area (Å²) in [7, 11) is 1.70. The van der Waals surface area contributed by atoms with Crippen molar-refractivity contribution in [1.82, 2.24) is 0 Å². The van der Waals surface area contributed by atoms with E-state index in [1.54, 1.807) is 7.11 Å². The molecule has 1 aromatic carbocycles. The van der Waals surface area contributed by atoms with E-state index >= 15 is 0 Å². The topological polar surface area (TPSA) is 9.23 Å². The number of hydrogen-bond acceptors (Lipinski definition) is 1. The first-order valence-corrected chi connectivity index (χ1v) is 5.67. The Morgan fingerprint density at radius 3 is 2.38 bits per heavy atom. The maximum atomic E-state index is 5.18. The molecule has 1 aliphatic rings.